The summed E-state index contributed by atoms with van der Waals surface area (Å²) in [6, 6.07) is 4.94. The van der Waals surface area contributed by atoms with Crippen molar-refractivity contribution in [2.45, 2.75) is 186 Å². The first kappa shape index (κ1) is 101. The maximum atomic E-state index is 16.1. The molecule has 8 radical (unpaired) electrons. The number of fused-ring (bicyclic) bond motifs is 9. The van der Waals surface area contributed by atoms with Crippen molar-refractivity contribution >= 4 is 217 Å². The number of alkyl halides is 3. The van der Waals surface area contributed by atoms with E-state index in [0.29, 0.717) is 80.9 Å². The fourth-order valence-electron chi connectivity index (χ4n) is 19.0. The summed E-state index contributed by atoms with van der Waals surface area (Å²) in [4.78, 5) is 97.3. The number of amides is 3. The average Bonchev–Trinajstić information content (AvgIpc) is 1.59. The zero-order chi connectivity index (χ0) is 102. The normalized spacial score (nSPS) is 37.0. The van der Waals surface area contributed by atoms with Gasteiger partial charge in [0.2, 0.25) is 48.0 Å². The molecule has 146 heavy (non-hydrogen) atoms. The number of nitrogens with one attached hydrogen (secondary N) is 3. The van der Waals surface area contributed by atoms with Gasteiger partial charge in [-0.25, -0.2) is 91.6 Å². The number of aryl methyl sites for hydroxylation is 3. The molecule has 764 valence electrons. The van der Waals surface area contributed by atoms with Crippen LogP contribution in [-0.2, 0) is 160 Å². The number of carbonyl (C=O) groups is 3. The zero-order valence-corrected chi connectivity index (χ0v) is 82.3. The summed E-state index contributed by atoms with van der Waals surface area (Å²) in [5.41, 5.74) is 22.9. The van der Waals surface area contributed by atoms with Crippen molar-refractivity contribution in [3.05, 3.63) is 91.8 Å². The van der Waals surface area contributed by atoms with Gasteiger partial charge in [0.25, 0.3) is 29.9 Å². The van der Waals surface area contributed by atoms with Gasteiger partial charge in [-0.1, -0.05) is 12.2 Å². The van der Waals surface area contributed by atoms with Crippen LogP contribution >= 0.6 is 55.7 Å². The van der Waals surface area contributed by atoms with Gasteiger partial charge in [0.15, 0.2) is 107 Å². The molecule has 12 aromatic heterocycles. The van der Waals surface area contributed by atoms with E-state index in [1.807, 2.05) is 0 Å². The number of nitrogens with zero attached hydrogens (tertiary/aromatic N) is 21. The number of rotatable bonds is 8. The molecule has 30 atom stereocenters. The minimum Gasteiger partial charge on any atom is -0.385 e. The summed E-state index contributed by atoms with van der Waals surface area (Å²) in [6.45, 7) is -12.1. The molecule has 24 heterocycles. The number of ether oxygens (including phenoxy) is 8. The number of aliphatic hydroxyl groups is 1. The molecule has 12 unspecified atom stereocenters. The highest BCUT2D eigenvalue weighted by Crippen LogP contribution is 2.62. The van der Waals surface area contributed by atoms with Crippen molar-refractivity contribution in [2.75, 3.05) is 87.0 Å². The second-order valence-electron chi connectivity index (χ2n) is 34.6. The number of nitrogen functional groups attached to an aromatic ring is 3. The Kier molecular flexibility index (Phi) is 27.1. The van der Waals surface area contributed by atoms with Gasteiger partial charge in [-0.3, -0.25) is 59.9 Å². The maximum Gasteiger partial charge on any atom is 0.386 e. The molecule has 9 saturated heterocycles. The highest BCUT2D eigenvalue weighted by atomic mass is 32.7. The van der Waals surface area contributed by atoms with Crippen molar-refractivity contribution in [1.82, 2.24) is 103 Å². The molecular weight excluding hydrogens is 2100 g/mol. The molecule has 11 N–H and O–H groups in total. The summed E-state index contributed by atoms with van der Waals surface area (Å²) in [5, 5.41) is 35.7. The smallest absolute Gasteiger partial charge is 0.385 e. The number of hydrogen-bond donors (Lipinski definition) is 9. The molecule has 0 aliphatic carbocycles. The van der Waals surface area contributed by atoms with Crippen LogP contribution in [0.3, 0.4) is 0 Å². The first-order valence-corrected chi connectivity index (χ1v) is 56.0. The Bertz CT molecular complexity index is 7230. The highest BCUT2D eigenvalue weighted by molar-refractivity contribution is 8.44. The first-order chi connectivity index (χ1) is 69.7. The molecule has 3 amide bonds. The maximum absolute atomic E-state index is 16.1. The number of halogens is 3. The van der Waals surface area contributed by atoms with E-state index < -0.39 is 230 Å². The standard InChI is InChI=1S/C25H26B2FN9O10P2.C25H27BFN9O10P2S.C24H25BFN9O10P2S/c1-41-20-19-13(45-25(20)37-22-15-10(4-5-30-22)34-14(38)3-2-11(15)35-37)7-43-48(26,39)46-18-12(6-42-49(27,40)47-19)44-24(16(18)28)36-9-33-17-21(29)31-8-32-23(17)36;1-40-20-19-13(44-25(20)36-22-15-10(4-5-29-22)33-14(37)3-2-11(15)34-36)6-41-47(26,38)45-18-12(7-42-48(39,49)46-19)43-24(16(18)27)35-9-32-17-21(28)30-8-31-23(17)35;25-46(38)40-5-12-19(17(37)24(43-12)35-21-14-9(3-4-28-21)32-13(36)2-1-10(14)33-35)45-47(39,48)41-6-11-18(44-46)15(26)23(42-11)34-8-31-16-20(27)29-7-30-22(16)34/h4-5,8-9,12-13,16,18-20,24-25H,2-3,6-7H2,1H3,(H,34,38)(H2,29,31,32);4-5,8-9,12-13,16,18-20,24-25H,2-3,6-7H2,1H3,(H,33,37)(H,39,49)(H2,28,30,31);3-4,7-8,11-12,15,17-19,23-24,37H,1-2,5-6H2,(H,32,36)(H,39,48)(H2,27,29,30)/t12-,13-,16?,18+,19?,20+,24-,25-,48?,49?;12-,13-,16?,18+,19?,20+,24-,25-,47?,48?;11-,12-,15?,17+,18+,19?,23-,24-,46?,47?/m111/s1. The van der Waals surface area contributed by atoms with E-state index >= 15 is 13.2 Å². The summed E-state index contributed by atoms with van der Waals surface area (Å²) in [6.07, 6.45) is -20.8. The molecule has 0 bridgehead atoms. The molecule has 57 nitrogen and oxygen atoms in total. The van der Waals surface area contributed by atoms with Crippen molar-refractivity contribution in [3.63, 3.8) is 0 Å². The predicted molar refractivity (Wildman–Crippen MR) is 500 cm³/mol. The Morgan fingerprint density at radius 1 is 0.404 bits per heavy atom. The third-order valence-electron chi connectivity index (χ3n) is 25.6. The Hall–Kier alpha value is -9.36. The largest absolute Gasteiger partial charge is 0.386 e. The lowest BCUT2D eigenvalue weighted by Gasteiger charge is -2.30. The van der Waals surface area contributed by atoms with Crippen LogP contribution in [0.1, 0.15) is 73.7 Å². The minimum atomic E-state index is -4.56. The van der Waals surface area contributed by atoms with Gasteiger partial charge in [0.05, 0.1) is 109 Å². The topological polar surface area (TPSA) is 699 Å². The van der Waals surface area contributed by atoms with Gasteiger partial charge >= 0.3 is 13.5 Å². The van der Waals surface area contributed by atoms with Crippen molar-refractivity contribution < 1.29 is 153 Å². The minimum absolute atomic E-state index is 0.0540. The molecule has 24 rings (SSSR count). The van der Waals surface area contributed by atoms with Crippen molar-refractivity contribution in [1.29, 1.82) is 0 Å². The number of anilines is 6. The lowest BCUT2D eigenvalue weighted by Crippen LogP contribution is -2.39. The predicted octanol–water partition coefficient (Wildman–Crippen LogP) is 3.82. The molecule has 0 spiro atoms. The second kappa shape index (κ2) is 39.1. The number of aromatic nitrogens is 21. The fraction of sp³-hybridized carbons (Fsp3) is 0.514. The van der Waals surface area contributed by atoms with Crippen molar-refractivity contribution in [3.8, 4) is 0 Å². The Balaban J connectivity index is 0.000000125. The lowest BCUT2D eigenvalue weighted by molar-refractivity contribution is -0.116. The summed E-state index contributed by atoms with van der Waals surface area (Å²) >= 11 is 9.43. The van der Waals surface area contributed by atoms with E-state index in [1.54, 1.807) is 18.2 Å². The molecule has 12 aliphatic heterocycles. The second-order valence-corrected chi connectivity index (χ2v) is 46.5. The van der Waals surface area contributed by atoms with E-state index in [-0.39, 0.29) is 93.6 Å². The number of nitrogens with two attached hydrogens (primary N) is 3. The van der Waals surface area contributed by atoms with Gasteiger partial charge in [0, 0.05) is 71.3 Å². The van der Waals surface area contributed by atoms with Gasteiger partial charge in [-0.15, -0.1) is 0 Å². The third kappa shape index (κ3) is 19.1. The first-order valence-electron chi connectivity index (χ1n) is 44.3. The Labute approximate surface area is 832 Å². The SMILES string of the molecule is [B]P1(=O)OC[C@H]2O[C@@H](n3cnc4c(N)ncnc43)C(F)[C@H]2OP([B])(=O)OC[C@H]2O[C@@H](n3nc4c5c(ccnc53)NC(=O)CC4)[C@@H](OC)C2O1.[B]P1(=O)OC[C@H]2O[C@@H](n3nc4c5c(ccnc53)NC(=O)CC4)[C@@H](O)C2OP(O)(=S)OC[C@H]2O[C@@H](n3cnc4c(N)ncnc43)C(F)[C@H]2O1.[B]P1(=O)OC[C@H]2O[C@@H](n3nc4c5c(ccnc53)NC(=O)CC4)[C@@H](OC)C2OP(=O)(S)OC[C@H]2O[C@@H](n3cnc4c(N)ncnc43)C(F)[C@H]2O1. The molecule has 12 aliphatic rings. The van der Waals surface area contributed by atoms with Crippen LogP contribution < -0.4 is 33.2 Å². The van der Waals surface area contributed by atoms with Crippen molar-refractivity contribution in [2.24, 2.45) is 0 Å². The monoisotopic (exact) mass is 2180 g/mol. The number of imidazole rings is 3. The van der Waals surface area contributed by atoms with E-state index in [0.717, 1.165) is 0 Å². The Morgan fingerprint density at radius 3 is 1.06 bits per heavy atom. The van der Waals surface area contributed by atoms with Crippen LogP contribution in [-0.4, -0.2) is 325 Å². The average molecular weight is 2180 g/mol. The molecular formula is C74H78B4F3N27O30P6S2. The lowest BCUT2D eigenvalue weighted by atomic mass is 10.1. The Morgan fingerprint density at radius 2 is 0.705 bits per heavy atom. The van der Waals surface area contributed by atoms with E-state index in [4.69, 9.17) is 151 Å². The van der Waals surface area contributed by atoms with E-state index in [1.165, 1.54) is 98.5 Å². The summed E-state index contributed by atoms with van der Waals surface area (Å²) in [7, 11) is 8.50. The van der Waals surface area contributed by atoms with Gasteiger partial charge in [0.1, 0.15) is 127 Å². The van der Waals surface area contributed by atoms with Crippen LogP contribution in [0, 0.1) is 0 Å². The van der Waals surface area contributed by atoms with Crippen LogP contribution in [0.2, 0.25) is 0 Å². The number of thiol groups is 1. The number of carbonyl (C=O) groups excluding carboxylic acids is 3. The van der Waals surface area contributed by atoms with Crippen LogP contribution in [0.25, 0.3) is 66.6 Å². The van der Waals surface area contributed by atoms with E-state index in [2.05, 4.69) is 103 Å². The quantitative estimate of drug-likeness (QED) is 0.0593. The number of pyridine rings is 3. The van der Waals surface area contributed by atoms with Crippen LogP contribution in [0.4, 0.5) is 47.7 Å². The number of hydrogen-bond acceptors (Lipinski definition) is 48. The van der Waals surface area contributed by atoms with Gasteiger partial charge in [-0.05, 0) is 30.0 Å². The highest BCUT2D eigenvalue weighted by Gasteiger charge is 2.60. The van der Waals surface area contributed by atoms with Crippen LogP contribution in [0.15, 0.2) is 74.8 Å². The molecule has 72 heteroatoms. The van der Waals surface area contributed by atoms with E-state index in [9.17, 15) is 47.2 Å². The molecule has 0 saturated carbocycles. The molecule has 0 aromatic carbocycles. The molecule has 12 aromatic rings. The number of methoxy groups -OCH3 is 2. The molecule has 9 fully saturated rings. The third-order valence-corrected chi connectivity index (χ3v) is 32.9. The zero-order valence-electron chi connectivity index (χ0n) is 75.2. The summed E-state index contributed by atoms with van der Waals surface area (Å²) < 4.78 is 239. The number of aliphatic hydroxyl groups excluding tert-OH is 1. The van der Waals surface area contributed by atoms with Gasteiger partial charge < -0.3 is 122 Å². The van der Waals surface area contributed by atoms with Crippen LogP contribution in [0.5, 0.6) is 0 Å². The fourth-order valence-corrected chi connectivity index (χ4v) is 26.0. The summed E-state index contributed by atoms with van der Waals surface area (Å²) in [5.74, 6) is -0.349. The van der Waals surface area contributed by atoms with Gasteiger partial charge in [-0.2, -0.15) is 15.3 Å².